The standard InChI is InChI=1S/C12H13ClFNOS/c13-10-2-1-3-11(14)9(10)8-12(16)15-4-6-17-7-5-15/h1-3H,4-8H2. The Morgan fingerprint density at radius 3 is 2.76 bits per heavy atom. The van der Waals surface area contributed by atoms with E-state index in [1.165, 1.54) is 6.07 Å². The van der Waals surface area contributed by atoms with Crippen LogP contribution in [0.5, 0.6) is 0 Å². The molecule has 2 rings (SSSR count). The quantitative estimate of drug-likeness (QED) is 0.826. The zero-order chi connectivity index (χ0) is 12.3. The van der Waals surface area contributed by atoms with Gasteiger partial charge in [-0.1, -0.05) is 17.7 Å². The number of nitrogens with zero attached hydrogens (tertiary/aromatic N) is 1. The molecular formula is C12H13ClFNOS. The van der Waals surface area contributed by atoms with Gasteiger partial charge in [0.15, 0.2) is 0 Å². The van der Waals surface area contributed by atoms with Crippen molar-refractivity contribution in [2.24, 2.45) is 0 Å². The number of rotatable bonds is 2. The van der Waals surface area contributed by atoms with Crippen molar-refractivity contribution < 1.29 is 9.18 Å². The van der Waals surface area contributed by atoms with E-state index < -0.39 is 5.82 Å². The molecule has 1 heterocycles. The third kappa shape index (κ3) is 3.13. The fourth-order valence-corrected chi connectivity index (χ4v) is 2.91. The lowest BCUT2D eigenvalue weighted by molar-refractivity contribution is -0.130. The number of benzene rings is 1. The van der Waals surface area contributed by atoms with Crippen LogP contribution in [0.4, 0.5) is 4.39 Å². The van der Waals surface area contributed by atoms with Gasteiger partial charge < -0.3 is 4.90 Å². The monoisotopic (exact) mass is 273 g/mol. The average molecular weight is 274 g/mol. The Kier molecular flexibility index (Phi) is 4.29. The van der Waals surface area contributed by atoms with E-state index in [2.05, 4.69) is 0 Å². The molecule has 17 heavy (non-hydrogen) atoms. The molecular weight excluding hydrogens is 261 g/mol. The Bertz CT molecular complexity index is 401. The van der Waals surface area contributed by atoms with Gasteiger partial charge in [0.05, 0.1) is 6.42 Å². The van der Waals surface area contributed by atoms with E-state index in [1.54, 1.807) is 17.0 Å². The lowest BCUT2D eigenvalue weighted by Crippen LogP contribution is -2.38. The number of hydrogen-bond acceptors (Lipinski definition) is 2. The lowest BCUT2D eigenvalue weighted by Gasteiger charge is -2.26. The molecule has 0 unspecified atom stereocenters. The highest BCUT2D eigenvalue weighted by Crippen LogP contribution is 2.20. The van der Waals surface area contributed by atoms with E-state index >= 15 is 0 Å². The van der Waals surface area contributed by atoms with Crippen LogP contribution in [0.3, 0.4) is 0 Å². The number of carbonyl (C=O) groups is 1. The Morgan fingerprint density at radius 1 is 1.41 bits per heavy atom. The molecule has 1 amide bonds. The summed E-state index contributed by atoms with van der Waals surface area (Å²) in [4.78, 5) is 13.7. The summed E-state index contributed by atoms with van der Waals surface area (Å²) in [5.74, 6) is 1.46. The fourth-order valence-electron chi connectivity index (χ4n) is 1.78. The Balaban J connectivity index is 2.07. The summed E-state index contributed by atoms with van der Waals surface area (Å²) in [5, 5.41) is 0.324. The zero-order valence-corrected chi connectivity index (χ0v) is 10.9. The summed E-state index contributed by atoms with van der Waals surface area (Å²) >= 11 is 7.73. The molecule has 0 aliphatic carbocycles. The van der Waals surface area contributed by atoms with Crippen molar-refractivity contribution in [1.29, 1.82) is 0 Å². The van der Waals surface area contributed by atoms with Crippen molar-refractivity contribution in [3.05, 3.63) is 34.6 Å². The molecule has 92 valence electrons. The van der Waals surface area contributed by atoms with Crippen LogP contribution < -0.4 is 0 Å². The van der Waals surface area contributed by atoms with E-state index in [4.69, 9.17) is 11.6 Å². The van der Waals surface area contributed by atoms with Crippen LogP contribution in [0.15, 0.2) is 18.2 Å². The zero-order valence-electron chi connectivity index (χ0n) is 9.29. The van der Waals surface area contributed by atoms with Crippen LogP contribution in [-0.4, -0.2) is 35.4 Å². The second-order valence-corrected chi connectivity index (χ2v) is 5.50. The fraction of sp³-hybridized carbons (Fsp3) is 0.417. The van der Waals surface area contributed by atoms with Gasteiger partial charge in [0.1, 0.15) is 5.82 Å². The molecule has 0 N–H and O–H groups in total. The highest BCUT2D eigenvalue weighted by molar-refractivity contribution is 7.99. The largest absolute Gasteiger partial charge is 0.341 e. The van der Waals surface area contributed by atoms with Crippen LogP contribution in [0.1, 0.15) is 5.56 Å². The van der Waals surface area contributed by atoms with Crippen LogP contribution in [-0.2, 0) is 11.2 Å². The molecule has 1 fully saturated rings. The molecule has 0 radical (unpaired) electrons. The third-order valence-corrected chi connectivity index (χ3v) is 4.05. The predicted octanol–water partition coefficient (Wildman–Crippen LogP) is 2.60. The number of halogens is 2. The molecule has 1 aliphatic heterocycles. The second-order valence-electron chi connectivity index (χ2n) is 3.87. The van der Waals surface area contributed by atoms with Crippen LogP contribution in [0.25, 0.3) is 0 Å². The van der Waals surface area contributed by atoms with Crippen molar-refractivity contribution in [1.82, 2.24) is 4.90 Å². The first kappa shape index (κ1) is 12.7. The first-order valence-electron chi connectivity index (χ1n) is 5.47. The molecule has 2 nitrogen and oxygen atoms in total. The van der Waals surface area contributed by atoms with E-state index in [9.17, 15) is 9.18 Å². The highest BCUT2D eigenvalue weighted by Gasteiger charge is 2.19. The molecule has 0 saturated carbocycles. The van der Waals surface area contributed by atoms with Gasteiger partial charge in [-0.15, -0.1) is 0 Å². The number of amides is 1. The minimum atomic E-state index is -0.405. The van der Waals surface area contributed by atoms with E-state index in [1.807, 2.05) is 11.8 Å². The summed E-state index contributed by atoms with van der Waals surface area (Å²) in [6, 6.07) is 4.49. The molecule has 5 heteroatoms. The normalized spacial score (nSPS) is 16.0. The van der Waals surface area contributed by atoms with Gasteiger partial charge in [0.2, 0.25) is 5.91 Å². The van der Waals surface area contributed by atoms with Gasteiger partial charge in [-0.2, -0.15) is 11.8 Å². The molecule has 1 aromatic carbocycles. The average Bonchev–Trinajstić information content (AvgIpc) is 2.35. The van der Waals surface area contributed by atoms with Crippen molar-refractivity contribution >= 4 is 29.3 Å². The third-order valence-electron chi connectivity index (χ3n) is 2.75. The summed E-state index contributed by atoms with van der Waals surface area (Å²) in [5.41, 5.74) is 0.303. The van der Waals surface area contributed by atoms with Crippen LogP contribution in [0, 0.1) is 5.82 Å². The highest BCUT2D eigenvalue weighted by atomic mass is 35.5. The van der Waals surface area contributed by atoms with Crippen molar-refractivity contribution in [3.63, 3.8) is 0 Å². The van der Waals surface area contributed by atoms with Crippen molar-refractivity contribution in [3.8, 4) is 0 Å². The minimum Gasteiger partial charge on any atom is -0.341 e. The number of carbonyl (C=O) groups excluding carboxylic acids is 1. The van der Waals surface area contributed by atoms with Gasteiger partial charge in [-0.05, 0) is 12.1 Å². The molecule has 0 atom stereocenters. The van der Waals surface area contributed by atoms with Gasteiger partial charge >= 0.3 is 0 Å². The van der Waals surface area contributed by atoms with Crippen LogP contribution in [0.2, 0.25) is 5.02 Å². The van der Waals surface area contributed by atoms with Gasteiger partial charge in [0.25, 0.3) is 0 Å². The Morgan fingerprint density at radius 2 is 2.12 bits per heavy atom. The van der Waals surface area contributed by atoms with Gasteiger partial charge in [-0.3, -0.25) is 4.79 Å². The number of hydrogen-bond donors (Lipinski definition) is 0. The van der Waals surface area contributed by atoms with Gasteiger partial charge in [-0.25, -0.2) is 4.39 Å². The van der Waals surface area contributed by atoms with E-state index in [0.29, 0.717) is 10.6 Å². The SMILES string of the molecule is O=C(Cc1c(F)cccc1Cl)N1CCSCC1. The second kappa shape index (κ2) is 5.74. The Hall–Kier alpha value is -0.740. The summed E-state index contributed by atoms with van der Waals surface area (Å²) < 4.78 is 13.5. The maximum Gasteiger partial charge on any atom is 0.227 e. The minimum absolute atomic E-state index is 0.0442. The van der Waals surface area contributed by atoms with Crippen LogP contribution >= 0.6 is 23.4 Å². The maximum absolute atomic E-state index is 13.5. The van der Waals surface area contributed by atoms with E-state index in [-0.39, 0.29) is 12.3 Å². The summed E-state index contributed by atoms with van der Waals surface area (Å²) in [6.07, 6.45) is 0.0518. The predicted molar refractivity (Wildman–Crippen MR) is 69.0 cm³/mol. The molecule has 0 spiro atoms. The smallest absolute Gasteiger partial charge is 0.227 e. The van der Waals surface area contributed by atoms with Crippen molar-refractivity contribution in [2.45, 2.75) is 6.42 Å². The van der Waals surface area contributed by atoms with Gasteiger partial charge in [0, 0.05) is 35.2 Å². The summed E-state index contributed by atoms with van der Waals surface area (Å²) in [7, 11) is 0. The lowest BCUT2D eigenvalue weighted by atomic mass is 10.1. The molecule has 1 aliphatic rings. The van der Waals surface area contributed by atoms with Crippen molar-refractivity contribution in [2.75, 3.05) is 24.6 Å². The first-order chi connectivity index (χ1) is 8.18. The number of thioether (sulfide) groups is 1. The maximum atomic E-state index is 13.5. The topological polar surface area (TPSA) is 20.3 Å². The Labute approximate surface area is 109 Å². The molecule has 1 saturated heterocycles. The van der Waals surface area contributed by atoms with E-state index in [0.717, 1.165) is 24.6 Å². The molecule has 0 bridgehead atoms. The first-order valence-corrected chi connectivity index (χ1v) is 7.00. The molecule has 1 aromatic rings. The molecule has 0 aromatic heterocycles. The summed E-state index contributed by atoms with van der Waals surface area (Å²) in [6.45, 7) is 1.49.